The molecule has 0 saturated heterocycles. The maximum Gasteiger partial charge on any atom is 0.311 e. The molecule has 19 heavy (non-hydrogen) atoms. The van der Waals surface area contributed by atoms with Crippen LogP contribution in [0.15, 0.2) is 22.9 Å². The number of carbonyl (C=O) groups is 1. The number of esters is 1. The molecule has 0 bridgehead atoms. The molecule has 0 N–H and O–H groups in total. The zero-order valence-corrected chi connectivity index (χ0v) is 12.3. The van der Waals surface area contributed by atoms with Gasteiger partial charge in [-0.1, -0.05) is 0 Å². The van der Waals surface area contributed by atoms with Gasteiger partial charge in [0.1, 0.15) is 0 Å². The van der Waals surface area contributed by atoms with Gasteiger partial charge in [-0.2, -0.15) is 0 Å². The standard InChI is InChI=1S/C14H15BrN2O2/c1-2-19-13(18)6-11-8-17-7-10(9-3-4-9)5-12(15)14(17)16-11/h5,7-9H,2-4,6H2,1H3. The van der Waals surface area contributed by atoms with E-state index in [9.17, 15) is 4.79 Å². The van der Waals surface area contributed by atoms with Crippen molar-refractivity contribution in [3.63, 3.8) is 0 Å². The Balaban J connectivity index is 1.91. The molecule has 1 aliphatic carbocycles. The molecule has 3 rings (SSSR count). The predicted molar refractivity (Wildman–Crippen MR) is 75.2 cm³/mol. The minimum absolute atomic E-state index is 0.223. The van der Waals surface area contributed by atoms with Crippen LogP contribution in [0.1, 0.15) is 36.9 Å². The van der Waals surface area contributed by atoms with Crippen LogP contribution in [0.25, 0.3) is 5.65 Å². The number of ether oxygens (including phenoxy) is 1. The Morgan fingerprint density at radius 3 is 3.00 bits per heavy atom. The van der Waals surface area contributed by atoms with E-state index in [1.165, 1.54) is 18.4 Å². The molecular weight excluding hydrogens is 308 g/mol. The molecule has 0 amide bonds. The molecule has 0 aromatic carbocycles. The lowest BCUT2D eigenvalue weighted by molar-refractivity contribution is -0.142. The molecule has 1 aliphatic rings. The second-order valence-electron chi connectivity index (χ2n) is 4.84. The number of nitrogens with zero attached hydrogens (tertiary/aromatic N) is 2. The van der Waals surface area contributed by atoms with Crippen LogP contribution in [0.4, 0.5) is 0 Å². The first-order valence-electron chi connectivity index (χ1n) is 6.50. The van der Waals surface area contributed by atoms with Crippen molar-refractivity contribution >= 4 is 27.5 Å². The fourth-order valence-corrected chi connectivity index (χ4v) is 2.77. The Morgan fingerprint density at radius 2 is 2.32 bits per heavy atom. The van der Waals surface area contributed by atoms with E-state index in [1.54, 1.807) is 6.92 Å². The number of imidazole rings is 1. The van der Waals surface area contributed by atoms with E-state index in [0.29, 0.717) is 12.5 Å². The van der Waals surface area contributed by atoms with Gasteiger partial charge in [0.15, 0.2) is 5.65 Å². The number of aromatic nitrogens is 2. The third-order valence-electron chi connectivity index (χ3n) is 3.26. The van der Waals surface area contributed by atoms with Crippen molar-refractivity contribution in [3.05, 3.63) is 34.2 Å². The molecule has 5 heteroatoms. The van der Waals surface area contributed by atoms with Gasteiger partial charge >= 0.3 is 5.97 Å². The summed E-state index contributed by atoms with van der Waals surface area (Å²) in [7, 11) is 0. The monoisotopic (exact) mass is 322 g/mol. The Bertz CT molecular complexity index is 632. The van der Waals surface area contributed by atoms with Gasteiger partial charge in [0, 0.05) is 12.4 Å². The van der Waals surface area contributed by atoms with Gasteiger partial charge in [0.25, 0.3) is 0 Å². The van der Waals surface area contributed by atoms with Crippen LogP contribution >= 0.6 is 15.9 Å². The molecule has 4 nitrogen and oxygen atoms in total. The van der Waals surface area contributed by atoms with Crippen molar-refractivity contribution in [1.82, 2.24) is 9.38 Å². The number of hydrogen-bond acceptors (Lipinski definition) is 3. The Labute approximate surface area is 119 Å². The van der Waals surface area contributed by atoms with Gasteiger partial charge in [-0.05, 0) is 53.2 Å². The first-order valence-corrected chi connectivity index (χ1v) is 7.29. The van der Waals surface area contributed by atoms with Gasteiger partial charge in [-0.25, -0.2) is 4.98 Å². The van der Waals surface area contributed by atoms with Crippen LogP contribution in [-0.2, 0) is 16.0 Å². The van der Waals surface area contributed by atoms with Crippen molar-refractivity contribution in [3.8, 4) is 0 Å². The number of carbonyl (C=O) groups excluding carboxylic acids is 1. The number of pyridine rings is 1. The molecule has 0 radical (unpaired) electrons. The molecule has 0 aliphatic heterocycles. The van der Waals surface area contributed by atoms with Gasteiger partial charge < -0.3 is 9.14 Å². The highest BCUT2D eigenvalue weighted by molar-refractivity contribution is 9.10. The topological polar surface area (TPSA) is 43.6 Å². The van der Waals surface area contributed by atoms with Crippen LogP contribution in [-0.4, -0.2) is 22.0 Å². The smallest absolute Gasteiger partial charge is 0.311 e. The second-order valence-corrected chi connectivity index (χ2v) is 5.69. The highest BCUT2D eigenvalue weighted by Crippen LogP contribution is 2.41. The Hall–Kier alpha value is -1.36. The fraction of sp³-hybridized carbons (Fsp3) is 0.429. The van der Waals surface area contributed by atoms with Crippen LogP contribution < -0.4 is 0 Å². The summed E-state index contributed by atoms with van der Waals surface area (Å²) in [5.74, 6) is 0.459. The molecule has 2 aromatic rings. The number of fused-ring (bicyclic) bond motifs is 1. The molecule has 0 unspecified atom stereocenters. The lowest BCUT2D eigenvalue weighted by Gasteiger charge is -2.01. The normalized spacial score (nSPS) is 14.8. The predicted octanol–water partition coefficient (Wildman–Crippen LogP) is 3.08. The summed E-state index contributed by atoms with van der Waals surface area (Å²) in [6, 6.07) is 2.13. The van der Waals surface area contributed by atoms with Crippen LogP contribution in [0, 0.1) is 0 Å². The third kappa shape index (κ3) is 2.66. The van der Waals surface area contributed by atoms with E-state index in [1.807, 2.05) is 10.6 Å². The average molecular weight is 323 g/mol. The minimum Gasteiger partial charge on any atom is -0.466 e. The lowest BCUT2D eigenvalue weighted by atomic mass is 10.2. The Morgan fingerprint density at radius 1 is 1.53 bits per heavy atom. The molecule has 2 aromatic heterocycles. The van der Waals surface area contributed by atoms with Gasteiger partial charge in [-0.3, -0.25) is 4.79 Å². The lowest BCUT2D eigenvalue weighted by Crippen LogP contribution is -2.07. The van der Waals surface area contributed by atoms with Gasteiger partial charge in [0.2, 0.25) is 0 Å². The van der Waals surface area contributed by atoms with Crippen molar-refractivity contribution in [2.75, 3.05) is 6.61 Å². The summed E-state index contributed by atoms with van der Waals surface area (Å²) < 4.78 is 7.92. The first-order chi connectivity index (χ1) is 9.17. The Kier molecular flexibility index (Phi) is 3.31. The van der Waals surface area contributed by atoms with E-state index < -0.39 is 0 Å². The quantitative estimate of drug-likeness (QED) is 0.812. The number of hydrogen-bond donors (Lipinski definition) is 0. The maximum absolute atomic E-state index is 11.5. The van der Waals surface area contributed by atoms with Gasteiger partial charge in [0.05, 0.1) is 23.2 Å². The summed E-state index contributed by atoms with van der Waals surface area (Å²) in [6.07, 6.45) is 6.77. The van der Waals surface area contributed by atoms with Crippen molar-refractivity contribution < 1.29 is 9.53 Å². The van der Waals surface area contributed by atoms with E-state index in [2.05, 4.69) is 33.2 Å². The van der Waals surface area contributed by atoms with Crippen molar-refractivity contribution in [2.24, 2.45) is 0 Å². The van der Waals surface area contributed by atoms with E-state index in [4.69, 9.17) is 4.74 Å². The van der Waals surface area contributed by atoms with E-state index in [-0.39, 0.29) is 12.4 Å². The maximum atomic E-state index is 11.5. The average Bonchev–Trinajstić information content (AvgIpc) is 3.11. The van der Waals surface area contributed by atoms with E-state index in [0.717, 1.165) is 15.8 Å². The van der Waals surface area contributed by atoms with Crippen LogP contribution in [0.2, 0.25) is 0 Å². The first kappa shape index (κ1) is 12.7. The molecule has 1 saturated carbocycles. The largest absolute Gasteiger partial charge is 0.466 e. The van der Waals surface area contributed by atoms with Gasteiger partial charge in [-0.15, -0.1) is 0 Å². The van der Waals surface area contributed by atoms with E-state index >= 15 is 0 Å². The summed E-state index contributed by atoms with van der Waals surface area (Å²) in [6.45, 7) is 2.21. The molecule has 100 valence electrons. The molecular formula is C14H15BrN2O2. The fourth-order valence-electron chi connectivity index (χ4n) is 2.21. The number of rotatable bonds is 4. The molecule has 0 atom stereocenters. The zero-order valence-electron chi connectivity index (χ0n) is 10.7. The summed E-state index contributed by atoms with van der Waals surface area (Å²) in [4.78, 5) is 15.9. The van der Waals surface area contributed by atoms with Crippen LogP contribution in [0.5, 0.6) is 0 Å². The summed E-state index contributed by atoms with van der Waals surface area (Å²) in [5.41, 5.74) is 2.93. The zero-order chi connectivity index (χ0) is 13.4. The summed E-state index contributed by atoms with van der Waals surface area (Å²) in [5, 5.41) is 0. The molecule has 0 spiro atoms. The third-order valence-corrected chi connectivity index (χ3v) is 3.84. The van der Waals surface area contributed by atoms with Crippen molar-refractivity contribution in [2.45, 2.75) is 32.1 Å². The summed E-state index contributed by atoms with van der Waals surface area (Å²) >= 11 is 3.55. The molecule has 2 heterocycles. The second kappa shape index (κ2) is 4.96. The molecule has 1 fully saturated rings. The minimum atomic E-state index is -0.232. The number of halogens is 1. The van der Waals surface area contributed by atoms with Crippen LogP contribution in [0.3, 0.4) is 0 Å². The highest BCUT2D eigenvalue weighted by atomic mass is 79.9. The van der Waals surface area contributed by atoms with Crippen molar-refractivity contribution in [1.29, 1.82) is 0 Å². The highest BCUT2D eigenvalue weighted by Gasteiger charge is 2.24. The SMILES string of the molecule is CCOC(=O)Cc1cn2cc(C3CC3)cc(Br)c2n1.